The summed E-state index contributed by atoms with van der Waals surface area (Å²) in [6.45, 7) is 6.79. The van der Waals surface area contributed by atoms with Crippen molar-refractivity contribution in [3.05, 3.63) is 18.7 Å². The molecule has 0 N–H and O–H groups in total. The topological polar surface area (TPSA) is 8.81 Å². The summed E-state index contributed by atoms with van der Waals surface area (Å²) in [5.41, 5.74) is 0. The highest BCUT2D eigenvalue weighted by atomic mass is 127. The molecule has 1 rings (SSSR count). The number of hydrogen-bond donors (Lipinski definition) is 0. The monoisotopic (exact) mass is 308 g/mol. The van der Waals surface area contributed by atoms with Gasteiger partial charge in [-0.25, -0.2) is 9.13 Å². The molecule has 0 fully saturated rings. The number of halogens is 1. The molecule has 0 aliphatic heterocycles. The number of aryl methyl sites for hydroxylation is 2. The van der Waals surface area contributed by atoms with Gasteiger partial charge in [0.1, 0.15) is 12.4 Å². The van der Waals surface area contributed by atoms with Crippen molar-refractivity contribution < 1.29 is 28.5 Å². The molecule has 0 aliphatic rings. The summed E-state index contributed by atoms with van der Waals surface area (Å²) in [4.78, 5) is 0. The van der Waals surface area contributed by atoms with Gasteiger partial charge in [-0.1, -0.05) is 26.7 Å². The van der Waals surface area contributed by atoms with Gasteiger partial charge < -0.3 is 24.0 Å². The van der Waals surface area contributed by atoms with Crippen molar-refractivity contribution in [3.63, 3.8) is 0 Å². The Bertz CT molecular complexity index is 210. The summed E-state index contributed by atoms with van der Waals surface area (Å²) in [7, 11) is 0. The van der Waals surface area contributed by atoms with E-state index in [4.69, 9.17) is 0 Å². The first-order valence-corrected chi connectivity index (χ1v) is 5.41. The lowest BCUT2D eigenvalue weighted by Crippen LogP contribution is -3.00. The van der Waals surface area contributed by atoms with Gasteiger partial charge in [0.2, 0.25) is 6.33 Å². The van der Waals surface area contributed by atoms with Crippen LogP contribution in [0.1, 0.15) is 39.5 Å². The quantitative estimate of drug-likeness (QED) is 0.489. The number of imidazole rings is 1. The van der Waals surface area contributed by atoms with E-state index in [1.54, 1.807) is 0 Å². The summed E-state index contributed by atoms with van der Waals surface area (Å²) in [6, 6.07) is 0. The maximum Gasteiger partial charge on any atom is 0.243 e. The zero-order valence-electron chi connectivity index (χ0n) is 9.25. The van der Waals surface area contributed by atoms with Crippen LogP contribution in [0.25, 0.3) is 0 Å². The van der Waals surface area contributed by atoms with Gasteiger partial charge in [-0.05, 0) is 12.8 Å². The fraction of sp³-hybridized carbons (Fsp3) is 0.727. The molecule has 1 heterocycles. The molecule has 0 saturated heterocycles. The molecule has 0 atom stereocenters. The summed E-state index contributed by atoms with van der Waals surface area (Å²) < 4.78 is 4.55. The van der Waals surface area contributed by atoms with Crippen LogP contribution in [-0.4, -0.2) is 4.57 Å². The van der Waals surface area contributed by atoms with E-state index in [-0.39, 0.29) is 24.0 Å². The van der Waals surface area contributed by atoms with Crippen LogP contribution in [0.2, 0.25) is 0 Å². The first-order valence-electron chi connectivity index (χ1n) is 5.41. The van der Waals surface area contributed by atoms with Gasteiger partial charge in [-0.2, -0.15) is 0 Å². The second-order valence-corrected chi connectivity index (χ2v) is 3.60. The molecule has 0 bridgehead atoms. The molecule has 0 amide bonds. The van der Waals surface area contributed by atoms with Crippen LogP contribution < -0.4 is 28.5 Å². The van der Waals surface area contributed by atoms with E-state index in [9.17, 15) is 0 Å². The van der Waals surface area contributed by atoms with E-state index in [2.05, 4.69) is 41.7 Å². The summed E-state index contributed by atoms with van der Waals surface area (Å²) in [6.07, 6.45) is 11.7. The highest BCUT2D eigenvalue weighted by Crippen LogP contribution is 1.93. The van der Waals surface area contributed by atoms with Gasteiger partial charge in [0.25, 0.3) is 0 Å². The Hall–Kier alpha value is -0.0600. The number of hydrogen-bond acceptors (Lipinski definition) is 0. The van der Waals surface area contributed by atoms with E-state index in [1.165, 1.54) is 25.7 Å². The van der Waals surface area contributed by atoms with E-state index in [0.717, 1.165) is 13.1 Å². The normalized spacial score (nSPS) is 9.86. The molecular weight excluding hydrogens is 287 g/mol. The number of aromatic nitrogens is 2. The standard InChI is InChI=1S/C11H21N2.HI/c1-3-5-7-12-9-10-13(11-12)8-6-4-2;/h9-11H,3-8H2,1-2H3;1H/q+1;/p-1. The van der Waals surface area contributed by atoms with Gasteiger partial charge in [-0.3, -0.25) is 0 Å². The van der Waals surface area contributed by atoms with Crippen LogP contribution in [0, 0.1) is 0 Å². The molecule has 0 aromatic carbocycles. The Morgan fingerprint density at radius 1 is 1.14 bits per heavy atom. The molecule has 0 unspecified atom stereocenters. The van der Waals surface area contributed by atoms with Crippen LogP contribution in [0.4, 0.5) is 0 Å². The van der Waals surface area contributed by atoms with E-state index in [1.807, 2.05) is 0 Å². The third kappa shape index (κ3) is 4.98. The summed E-state index contributed by atoms with van der Waals surface area (Å²) in [5, 5.41) is 0. The van der Waals surface area contributed by atoms with Crippen LogP contribution in [-0.2, 0) is 13.1 Å². The molecule has 0 saturated carbocycles. The van der Waals surface area contributed by atoms with Gasteiger partial charge in [0.15, 0.2) is 0 Å². The number of unbranched alkanes of at least 4 members (excludes halogenated alkanes) is 2. The Kier molecular flexibility index (Phi) is 8.23. The zero-order chi connectivity index (χ0) is 9.52. The first-order chi connectivity index (χ1) is 6.36. The van der Waals surface area contributed by atoms with E-state index >= 15 is 0 Å². The average Bonchev–Trinajstić information content (AvgIpc) is 2.59. The molecular formula is C11H21IN2. The molecule has 0 radical (unpaired) electrons. The molecule has 1 aromatic rings. The fourth-order valence-electron chi connectivity index (χ4n) is 1.38. The molecule has 3 heteroatoms. The molecule has 0 spiro atoms. The zero-order valence-corrected chi connectivity index (χ0v) is 11.4. The van der Waals surface area contributed by atoms with Crippen molar-refractivity contribution in [2.24, 2.45) is 0 Å². The Balaban J connectivity index is 0.00000169. The Morgan fingerprint density at radius 3 is 2.50 bits per heavy atom. The molecule has 14 heavy (non-hydrogen) atoms. The second-order valence-electron chi connectivity index (χ2n) is 3.60. The smallest absolute Gasteiger partial charge is 0.243 e. The lowest BCUT2D eigenvalue weighted by Gasteiger charge is -1.93. The van der Waals surface area contributed by atoms with Crippen molar-refractivity contribution in [2.45, 2.75) is 52.6 Å². The van der Waals surface area contributed by atoms with Crippen molar-refractivity contribution in [3.8, 4) is 0 Å². The van der Waals surface area contributed by atoms with E-state index < -0.39 is 0 Å². The third-order valence-corrected chi connectivity index (χ3v) is 2.29. The van der Waals surface area contributed by atoms with Crippen LogP contribution in [0.15, 0.2) is 18.7 Å². The maximum atomic E-state index is 2.28. The van der Waals surface area contributed by atoms with Crippen molar-refractivity contribution in [1.29, 1.82) is 0 Å². The minimum atomic E-state index is 0. The van der Waals surface area contributed by atoms with Crippen LogP contribution >= 0.6 is 0 Å². The molecule has 0 aliphatic carbocycles. The highest BCUT2D eigenvalue weighted by molar-refractivity contribution is 4.65. The maximum absolute atomic E-state index is 2.28. The number of nitrogens with zero attached hydrogens (tertiary/aromatic N) is 2. The van der Waals surface area contributed by atoms with E-state index in [0.29, 0.717) is 0 Å². The third-order valence-electron chi connectivity index (χ3n) is 2.29. The Morgan fingerprint density at radius 2 is 1.86 bits per heavy atom. The van der Waals surface area contributed by atoms with Crippen molar-refractivity contribution in [2.75, 3.05) is 0 Å². The van der Waals surface area contributed by atoms with Gasteiger partial charge >= 0.3 is 0 Å². The largest absolute Gasteiger partial charge is 1.00 e. The number of rotatable bonds is 6. The average molecular weight is 308 g/mol. The lowest BCUT2D eigenvalue weighted by molar-refractivity contribution is -0.696. The van der Waals surface area contributed by atoms with Crippen molar-refractivity contribution >= 4 is 0 Å². The minimum Gasteiger partial charge on any atom is -1.00 e. The molecule has 82 valence electrons. The second kappa shape index (κ2) is 8.26. The van der Waals surface area contributed by atoms with Gasteiger partial charge in [-0.15, -0.1) is 0 Å². The van der Waals surface area contributed by atoms with Gasteiger partial charge in [0.05, 0.1) is 13.1 Å². The highest BCUT2D eigenvalue weighted by Gasteiger charge is 2.01. The fourth-order valence-corrected chi connectivity index (χ4v) is 1.38. The van der Waals surface area contributed by atoms with Crippen LogP contribution in [0.5, 0.6) is 0 Å². The predicted molar refractivity (Wildman–Crippen MR) is 54.4 cm³/mol. The summed E-state index contributed by atoms with van der Waals surface area (Å²) >= 11 is 0. The van der Waals surface area contributed by atoms with Gasteiger partial charge in [0, 0.05) is 0 Å². The van der Waals surface area contributed by atoms with Crippen molar-refractivity contribution in [1.82, 2.24) is 4.57 Å². The lowest BCUT2D eigenvalue weighted by atomic mass is 10.3. The Labute approximate surface area is 104 Å². The minimum absolute atomic E-state index is 0. The first kappa shape index (κ1) is 13.9. The predicted octanol–water partition coefficient (Wildman–Crippen LogP) is -0.620. The molecule has 1 aromatic heterocycles. The van der Waals surface area contributed by atoms with Crippen LogP contribution in [0.3, 0.4) is 0 Å². The SMILES string of the molecule is CCCCn1cc[n+](CCCC)c1.[I-]. The molecule has 2 nitrogen and oxygen atoms in total. The summed E-state index contributed by atoms with van der Waals surface area (Å²) in [5.74, 6) is 0.